The Hall–Kier alpha value is -10.0. The van der Waals surface area contributed by atoms with E-state index in [0.29, 0.717) is 11.3 Å². The van der Waals surface area contributed by atoms with Crippen LogP contribution in [0.5, 0.6) is 5.75 Å². The van der Waals surface area contributed by atoms with Crippen molar-refractivity contribution >= 4 is 33.9 Å². The number of aryl methyl sites for hydroxylation is 3. The lowest BCUT2D eigenvalue weighted by molar-refractivity contribution is 0.230. The SMILES string of the molecule is Oc1c(-c2ccc(C3c4ccccc4CCC3C3(C4=C5C=CC=CC5C=CC=C4C4(C5C=Cc6ccccc65)CCc5ccccc54)CCCCc4ccccc43)c(C3(C4CC=Cc5ccccc54)Cc4ccccc43)c2-c2cccc3ccccc23)oc2ccccc12. The van der Waals surface area contributed by atoms with Crippen molar-refractivity contribution in [1.82, 2.24) is 0 Å². The second kappa shape index (κ2) is 21.8. The Kier molecular flexibility index (Phi) is 12.9. The van der Waals surface area contributed by atoms with Crippen molar-refractivity contribution in [2.45, 2.75) is 98.2 Å². The third-order valence-corrected chi connectivity index (χ3v) is 24.2. The lowest BCUT2D eigenvalue weighted by Crippen LogP contribution is -2.49. The van der Waals surface area contributed by atoms with Crippen LogP contribution in [0, 0.1) is 11.8 Å². The Morgan fingerprint density at radius 1 is 0.457 bits per heavy atom. The van der Waals surface area contributed by atoms with Gasteiger partial charge in [0, 0.05) is 45.5 Å². The number of rotatable bonds is 9. The highest BCUT2D eigenvalue weighted by atomic mass is 16.4. The van der Waals surface area contributed by atoms with E-state index in [1.54, 1.807) is 5.57 Å². The number of allylic oxidation sites excluding steroid dienone is 12. The van der Waals surface area contributed by atoms with Crippen molar-refractivity contribution in [3.63, 3.8) is 0 Å². The quantitative estimate of drug-likeness (QED) is 0.146. The first-order chi connectivity index (χ1) is 46.5. The molecule has 0 saturated heterocycles. The van der Waals surface area contributed by atoms with Crippen molar-refractivity contribution in [2.75, 3.05) is 0 Å². The number of hydrogen-bond acceptors (Lipinski definition) is 2. The van der Waals surface area contributed by atoms with Crippen LogP contribution in [0.4, 0.5) is 0 Å². The van der Waals surface area contributed by atoms with E-state index in [1.807, 2.05) is 24.3 Å². The van der Waals surface area contributed by atoms with E-state index in [2.05, 4.69) is 267 Å². The molecule has 11 aromatic rings. The molecule has 0 saturated carbocycles. The fourth-order valence-electron chi connectivity index (χ4n) is 20.5. The Bertz CT molecular complexity index is 5180. The van der Waals surface area contributed by atoms with Crippen molar-refractivity contribution in [3.05, 3.63) is 374 Å². The summed E-state index contributed by atoms with van der Waals surface area (Å²) in [5.41, 5.74) is 26.7. The maximum absolute atomic E-state index is 13.0. The number of fused-ring (bicyclic) bond motifs is 9. The zero-order chi connectivity index (χ0) is 62.1. The zero-order valence-electron chi connectivity index (χ0n) is 53.0. The summed E-state index contributed by atoms with van der Waals surface area (Å²) in [5, 5.41) is 16.1. The topological polar surface area (TPSA) is 33.4 Å². The molecule has 8 atom stereocenters. The van der Waals surface area contributed by atoms with Gasteiger partial charge < -0.3 is 9.52 Å². The van der Waals surface area contributed by atoms with E-state index in [0.717, 1.165) is 86.3 Å². The molecular formula is C92H74O2. The van der Waals surface area contributed by atoms with Crippen molar-refractivity contribution < 1.29 is 9.52 Å². The highest BCUT2D eigenvalue weighted by molar-refractivity contribution is 6.04. The summed E-state index contributed by atoms with van der Waals surface area (Å²) in [6.07, 6.45) is 37.3. The molecule has 454 valence electrons. The lowest BCUT2D eigenvalue weighted by Gasteiger charge is -2.56. The monoisotopic (exact) mass is 1210 g/mol. The summed E-state index contributed by atoms with van der Waals surface area (Å²) in [7, 11) is 0. The minimum Gasteiger partial charge on any atom is -0.504 e. The molecule has 0 bridgehead atoms. The summed E-state index contributed by atoms with van der Waals surface area (Å²) in [5.74, 6) is 0.904. The van der Waals surface area contributed by atoms with Gasteiger partial charge in [0.25, 0.3) is 0 Å². The fourth-order valence-corrected chi connectivity index (χ4v) is 20.5. The average molecular weight is 1210 g/mol. The van der Waals surface area contributed by atoms with Crippen LogP contribution in [-0.4, -0.2) is 5.11 Å². The predicted octanol–water partition coefficient (Wildman–Crippen LogP) is 22.3. The Balaban J connectivity index is 0.979. The Morgan fingerprint density at radius 3 is 1.96 bits per heavy atom. The first kappa shape index (κ1) is 55.6. The van der Waals surface area contributed by atoms with Crippen LogP contribution in [0.1, 0.15) is 134 Å². The normalized spacial score (nSPS) is 25.1. The molecule has 2 nitrogen and oxygen atoms in total. The third-order valence-electron chi connectivity index (χ3n) is 24.2. The third kappa shape index (κ3) is 8.02. The molecule has 0 spiro atoms. The maximum atomic E-state index is 13.0. The lowest BCUT2D eigenvalue weighted by atomic mass is 9.46. The van der Waals surface area contributed by atoms with Gasteiger partial charge in [-0.05, 0) is 192 Å². The van der Waals surface area contributed by atoms with E-state index in [9.17, 15) is 5.11 Å². The largest absolute Gasteiger partial charge is 0.504 e. The Morgan fingerprint density at radius 2 is 1.13 bits per heavy atom. The van der Waals surface area contributed by atoms with Gasteiger partial charge >= 0.3 is 0 Å². The molecule has 8 aliphatic rings. The predicted molar refractivity (Wildman–Crippen MR) is 386 cm³/mol. The maximum Gasteiger partial charge on any atom is 0.177 e. The summed E-state index contributed by atoms with van der Waals surface area (Å²) >= 11 is 0. The van der Waals surface area contributed by atoms with Gasteiger partial charge in [-0.1, -0.05) is 286 Å². The second-order valence-corrected chi connectivity index (χ2v) is 28.2. The minimum absolute atomic E-state index is 0.0567. The number of benzene rings is 10. The Labute approximate surface area is 552 Å². The molecule has 1 heterocycles. The summed E-state index contributed by atoms with van der Waals surface area (Å²) in [6, 6.07) is 86.1. The molecule has 0 fully saturated rings. The van der Waals surface area contributed by atoms with Crippen LogP contribution in [0.15, 0.2) is 300 Å². The molecule has 94 heavy (non-hydrogen) atoms. The number of para-hydroxylation sites is 1. The van der Waals surface area contributed by atoms with Gasteiger partial charge in [-0.15, -0.1) is 0 Å². The van der Waals surface area contributed by atoms with Gasteiger partial charge in [0.1, 0.15) is 5.58 Å². The number of hydrogen-bond donors (Lipinski definition) is 1. The average Bonchev–Trinajstić information content (AvgIpc) is 0.862. The molecule has 0 radical (unpaired) electrons. The van der Waals surface area contributed by atoms with Crippen LogP contribution < -0.4 is 0 Å². The molecule has 19 rings (SSSR count). The van der Waals surface area contributed by atoms with E-state index in [1.165, 1.54) is 99.8 Å². The molecule has 2 heteroatoms. The number of furan rings is 1. The summed E-state index contributed by atoms with van der Waals surface area (Å²) in [4.78, 5) is 0. The van der Waals surface area contributed by atoms with Gasteiger partial charge in [0.2, 0.25) is 0 Å². The highest BCUT2D eigenvalue weighted by Gasteiger charge is 2.60. The van der Waals surface area contributed by atoms with Crippen molar-refractivity contribution in [1.29, 1.82) is 0 Å². The first-order valence-corrected chi connectivity index (χ1v) is 34.7. The van der Waals surface area contributed by atoms with Gasteiger partial charge in [-0.25, -0.2) is 0 Å². The fraction of sp³-hybridized carbons (Fsp3) is 0.196. The van der Waals surface area contributed by atoms with E-state index < -0.39 is 16.2 Å². The first-order valence-electron chi connectivity index (χ1n) is 34.7. The van der Waals surface area contributed by atoms with Crippen LogP contribution >= 0.6 is 0 Å². The molecule has 10 aromatic carbocycles. The molecule has 0 aliphatic heterocycles. The van der Waals surface area contributed by atoms with Gasteiger partial charge in [0.05, 0.1) is 5.39 Å². The van der Waals surface area contributed by atoms with Crippen molar-refractivity contribution in [2.24, 2.45) is 11.8 Å². The zero-order valence-corrected chi connectivity index (χ0v) is 53.0. The van der Waals surface area contributed by atoms with E-state index >= 15 is 0 Å². The molecule has 1 aromatic heterocycles. The van der Waals surface area contributed by atoms with Gasteiger partial charge in [-0.3, -0.25) is 0 Å². The highest BCUT2D eigenvalue weighted by Crippen LogP contribution is 2.69. The smallest absolute Gasteiger partial charge is 0.177 e. The van der Waals surface area contributed by atoms with E-state index in [4.69, 9.17) is 4.42 Å². The molecule has 8 aliphatic carbocycles. The number of aromatic hydroxyl groups is 1. The van der Waals surface area contributed by atoms with Crippen LogP contribution in [-0.2, 0) is 41.9 Å². The second-order valence-electron chi connectivity index (χ2n) is 28.2. The summed E-state index contributed by atoms with van der Waals surface area (Å²) in [6.45, 7) is 0. The van der Waals surface area contributed by atoms with Crippen molar-refractivity contribution in [3.8, 4) is 28.2 Å². The van der Waals surface area contributed by atoms with E-state index in [-0.39, 0.29) is 35.3 Å². The van der Waals surface area contributed by atoms with Gasteiger partial charge in [-0.2, -0.15) is 0 Å². The molecule has 0 amide bonds. The van der Waals surface area contributed by atoms with Crippen LogP contribution in [0.25, 0.3) is 56.3 Å². The molecular weight excluding hydrogens is 1140 g/mol. The molecule has 8 unspecified atom stereocenters. The molecule has 1 N–H and O–H groups in total. The van der Waals surface area contributed by atoms with Crippen LogP contribution in [0.3, 0.4) is 0 Å². The van der Waals surface area contributed by atoms with Crippen LogP contribution in [0.2, 0.25) is 0 Å². The summed E-state index contributed by atoms with van der Waals surface area (Å²) < 4.78 is 7.18. The minimum atomic E-state index is -0.552. The standard InChI is InChI=1S/C92H74O2/c93-88-73-41-14-18-48-83(73)94-89(88)75-52-51-74(87(85(75)72-42-21-33-59-24-1-9-36-67(59)72)92(58-66-32-8-17-45-78(66)92)79-46-22-34-60-25-2-10-37-68(60)79)84-70-39-12-4-28-63(70)50-54-81(84)91(56-20-19-31-64-29-6-16-44-77(64)91)86-71-40-13-5-26-61(71)35-23-47-82(86)90(57-55-65-30-7-15-43-76(65)90)80-53-49-62-27-3-11-38-69(62)80/h1-18,21-30,32-45,47-49,51-53,61,79-81,84,93H,19-20,31,46,50,54-58H2. The van der Waals surface area contributed by atoms with Gasteiger partial charge in [0.15, 0.2) is 11.5 Å².